The summed E-state index contributed by atoms with van der Waals surface area (Å²) in [5, 5.41) is 8.40. The van der Waals surface area contributed by atoms with Gasteiger partial charge in [0.1, 0.15) is 5.69 Å². The normalized spacial score (nSPS) is 10.6. The molecule has 3 rings (SSSR count). The zero-order chi connectivity index (χ0) is 11.7. The SMILES string of the molecule is Nc1cn(-c2ncccn2)nc1-c1ccsc1. The summed E-state index contributed by atoms with van der Waals surface area (Å²) < 4.78 is 1.59. The summed E-state index contributed by atoms with van der Waals surface area (Å²) in [6.07, 6.45) is 5.07. The van der Waals surface area contributed by atoms with Gasteiger partial charge in [-0.05, 0) is 17.5 Å². The Kier molecular flexibility index (Phi) is 2.34. The Hall–Kier alpha value is -2.21. The molecule has 0 aliphatic rings. The van der Waals surface area contributed by atoms with Gasteiger partial charge in [0.2, 0.25) is 0 Å². The van der Waals surface area contributed by atoms with E-state index in [0.29, 0.717) is 11.6 Å². The molecule has 0 aromatic carbocycles. The number of aromatic nitrogens is 4. The van der Waals surface area contributed by atoms with Gasteiger partial charge in [-0.3, -0.25) is 0 Å². The highest BCUT2D eigenvalue weighted by atomic mass is 32.1. The van der Waals surface area contributed by atoms with E-state index in [9.17, 15) is 0 Å². The van der Waals surface area contributed by atoms with Gasteiger partial charge in [-0.25, -0.2) is 14.6 Å². The van der Waals surface area contributed by atoms with Gasteiger partial charge in [0.05, 0.1) is 11.9 Å². The Morgan fingerprint density at radius 1 is 1.24 bits per heavy atom. The zero-order valence-electron chi connectivity index (χ0n) is 8.82. The van der Waals surface area contributed by atoms with Crippen molar-refractivity contribution in [3.63, 3.8) is 0 Å². The molecule has 0 saturated heterocycles. The van der Waals surface area contributed by atoms with Crippen molar-refractivity contribution >= 4 is 17.0 Å². The molecule has 0 radical (unpaired) electrons. The van der Waals surface area contributed by atoms with Crippen molar-refractivity contribution in [2.75, 3.05) is 5.73 Å². The van der Waals surface area contributed by atoms with Gasteiger partial charge in [0.25, 0.3) is 5.95 Å². The number of nitrogens with zero attached hydrogens (tertiary/aromatic N) is 4. The van der Waals surface area contributed by atoms with Crippen molar-refractivity contribution in [3.05, 3.63) is 41.5 Å². The molecular weight excluding hydrogens is 234 g/mol. The zero-order valence-corrected chi connectivity index (χ0v) is 9.63. The van der Waals surface area contributed by atoms with Crippen LogP contribution in [0.1, 0.15) is 0 Å². The largest absolute Gasteiger partial charge is 0.396 e. The lowest BCUT2D eigenvalue weighted by Crippen LogP contribution is -2.00. The van der Waals surface area contributed by atoms with Crippen LogP contribution in [0.15, 0.2) is 41.5 Å². The first-order valence-electron chi connectivity index (χ1n) is 5.00. The number of hydrogen-bond acceptors (Lipinski definition) is 5. The molecule has 0 fully saturated rings. The van der Waals surface area contributed by atoms with E-state index < -0.39 is 0 Å². The molecule has 2 N–H and O–H groups in total. The summed E-state index contributed by atoms with van der Waals surface area (Å²) in [5.41, 5.74) is 8.34. The second-order valence-corrected chi connectivity index (χ2v) is 4.22. The van der Waals surface area contributed by atoms with Crippen molar-refractivity contribution in [2.24, 2.45) is 0 Å². The van der Waals surface area contributed by atoms with Gasteiger partial charge < -0.3 is 5.73 Å². The van der Waals surface area contributed by atoms with Gasteiger partial charge in [0, 0.05) is 23.3 Å². The lowest BCUT2D eigenvalue weighted by Gasteiger charge is -1.96. The second-order valence-electron chi connectivity index (χ2n) is 3.44. The Morgan fingerprint density at radius 3 is 2.76 bits per heavy atom. The van der Waals surface area contributed by atoms with Crippen LogP contribution in [-0.2, 0) is 0 Å². The molecule has 5 nitrogen and oxygen atoms in total. The highest BCUT2D eigenvalue weighted by Crippen LogP contribution is 2.26. The molecule has 0 aliphatic heterocycles. The number of nitrogens with two attached hydrogens (primary N) is 1. The van der Waals surface area contributed by atoms with E-state index >= 15 is 0 Å². The van der Waals surface area contributed by atoms with Crippen molar-refractivity contribution in [1.29, 1.82) is 0 Å². The third kappa shape index (κ3) is 1.78. The summed E-state index contributed by atoms with van der Waals surface area (Å²) in [4.78, 5) is 8.24. The number of rotatable bonds is 2. The maximum atomic E-state index is 5.94. The van der Waals surface area contributed by atoms with E-state index in [0.717, 1.165) is 11.3 Å². The van der Waals surface area contributed by atoms with Crippen LogP contribution in [0.2, 0.25) is 0 Å². The molecule has 0 amide bonds. The van der Waals surface area contributed by atoms with E-state index in [2.05, 4.69) is 15.1 Å². The highest BCUT2D eigenvalue weighted by Gasteiger charge is 2.10. The molecule has 0 unspecified atom stereocenters. The minimum absolute atomic E-state index is 0.515. The van der Waals surface area contributed by atoms with Crippen molar-refractivity contribution < 1.29 is 0 Å². The maximum Gasteiger partial charge on any atom is 0.250 e. The standard InChI is InChI=1S/C11H9N5S/c12-9-6-16(11-13-3-1-4-14-11)15-10(9)8-2-5-17-7-8/h1-7H,12H2. The topological polar surface area (TPSA) is 69.6 Å². The molecule has 3 aromatic heterocycles. The molecule has 0 bridgehead atoms. The fourth-order valence-corrected chi connectivity index (χ4v) is 2.16. The van der Waals surface area contributed by atoms with Crippen molar-refractivity contribution in [2.45, 2.75) is 0 Å². The molecule has 6 heteroatoms. The Bertz CT molecular complexity index is 615. The molecular formula is C11H9N5S. The van der Waals surface area contributed by atoms with Gasteiger partial charge in [-0.2, -0.15) is 16.4 Å². The van der Waals surface area contributed by atoms with E-state index in [1.807, 2.05) is 16.8 Å². The molecule has 17 heavy (non-hydrogen) atoms. The van der Waals surface area contributed by atoms with Crippen molar-refractivity contribution in [1.82, 2.24) is 19.7 Å². The second kappa shape index (κ2) is 3.99. The smallest absolute Gasteiger partial charge is 0.250 e. The fourth-order valence-electron chi connectivity index (χ4n) is 1.52. The molecule has 0 spiro atoms. The first-order chi connectivity index (χ1) is 8.34. The first-order valence-corrected chi connectivity index (χ1v) is 5.94. The van der Waals surface area contributed by atoms with Gasteiger partial charge in [0.15, 0.2) is 0 Å². The van der Waals surface area contributed by atoms with E-state index in [-0.39, 0.29) is 0 Å². The Labute approximate surface area is 102 Å². The van der Waals surface area contributed by atoms with Crippen molar-refractivity contribution in [3.8, 4) is 17.2 Å². The van der Waals surface area contributed by atoms with Crippen LogP contribution in [0.5, 0.6) is 0 Å². The molecule has 0 aliphatic carbocycles. The molecule has 3 aromatic rings. The average Bonchev–Trinajstić information content (AvgIpc) is 2.99. The average molecular weight is 243 g/mol. The minimum atomic E-state index is 0.515. The van der Waals surface area contributed by atoms with Crippen LogP contribution in [0, 0.1) is 0 Å². The summed E-state index contributed by atoms with van der Waals surface area (Å²) in [5.74, 6) is 0.515. The first kappa shape index (κ1) is 9.98. The number of hydrogen-bond donors (Lipinski definition) is 1. The number of thiophene rings is 1. The van der Waals surface area contributed by atoms with Crippen LogP contribution >= 0.6 is 11.3 Å². The Balaban J connectivity index is 2.08. The highest BCUT2D eigenvalue weighted by molar-refractivity contribution is 7.08. The maximum absolute atomic E-state index is 5.94. The predicted molar refractivity (Wildman–Crippen MR) is 66.9 cm³/mol. The van der Waals surface area contributed by atoms with Crippen LogP contribution in [-0.4, -0.2) is 19.7 Å². The third-order valence-electron chi connectivity index (χ3n) is 2.29. The van der Waals surface area contributed by atoms with E-state index in [4.69, 9.17) is 5.73 Å². The third-order valence-corrected chi connectivity index (χ3v) is 2.98. The van der Waals surface area contributed by atoms with Crippen LogP contribution in [0.4, 0.5) is 5.69 Å². The van der Waals surface area contributed by atoms with Gasteiger partial charge >= 0.3 is 0 Å². The Morgan fingerprint density at radius 2 is 2.06 bits per heavy atom. The molecule has 84 valence electrons. The van der Waals surface area contributed by atoms with Crippen LogP contribution in [0.3, 0.4) is 0 Å². The van der Waals surface area contributed by atoms with Crippen LogP contribution in [0.25, 0.3) is 17.2 Å². The summed E-state index contributed by atoms with van der Waals surface area (Å²) in [6, 6.07) is 3.75. The number of nitrogen functional groups attached to an aromatic ring is 1. The van der Waals surface area contributed by atoms with Gasteiger partial charge in [-0.1, -0.05) is 0 Å². The number of anilines is 1. The summed E-state index contributed by atoms with van der Waals surface area (Å²) >= 11 is 1.61. The van der Waals surface area contributed by atoms with Gasteiger partial charge in [-0.15, -0.1) is 0 Å². The fraction of sp³-hybridized carbons (Fsp3) is 0. The van der Waals surface area contributed by atoms with Crippen LogP contribution < -0.4 is 5.73 Å². The monoisotopic (exact) mass is 243 g/mol. The quantitative estimate of drug-likeness (QED) is 0.747. The predicted octanol–water partition coefficient (Wildman–Crippen LogP) is 1.97. The lowest BCUT2D eigenvalue weighted by molar-refractivity contribution is 0.811. The van der Waals surface area contributed by atoms with E-state index in [1.54, 1.807) is 40.7 Å². The summed E-state index contributed by atoms with van der Waals surface area (Å²) in [6.45, 7) is 0. The molecule has 0 saturated carbocycles. The summed E-state index contributed by atoms with van der Waals surface area (Å²) in [7, 11) is 0. The molecule has 0 atom stereocenters. The minimum Gasteiger partial charge on any atom is -0.396 e. The lowest BCUT2D eigenvalue weighted by atomic mass is 10.2. The van der Waals surface area contributed by atoms with E-state index in [1.165, 1.54) is 0 Å². The molecule has 3 heterocycles.